The summed E-state index contributed by atoms with van der Waals surface area (Å²) in [4.78, 5) is 4.31. The molecule has 0 fully saturated rings. The van der Waals surface area contributed by atoms with Gasteiger partial charge < -0.3 is 10.5 Å². The first-order valence-electron chi connectivity index (χ1n) is 6.21. The van der Waals surface area contributed by atoms with Gasteiger partial charge in [0.05, 0.1) is 11.5 Å². The van der Waals surface area contributed by atoms with Gasteiger partial charge in [0.1, 0.15) is 11.5 Å². The second-order valence-electron chi connectivity index (χ2n) is 4.57. The van der Waals surface area contributed by atoms with Crippen LogP contribution in [0.2, 0.25) is 0 Å². The number of amidine groups is 1. The molecule has 0 aromatic heterocycles. The number of aryl methyl sites for hydroxylation is 2. The summed E-state index contributed by atoms with van der Waals surface area (Å²) in [5.41, 5.74) is 8.59. The van der Waals surface area contributed by atoms with Gasteiger partial charge in [0.2, 0.25) is 0 Å². The molecule has 0 aliphatic heterocycles. The van der Waals surface area contributed by atoms with Gasteiger partial charge in [0.25, 0.3) is 0 Å². The summed E-state index contributed by atoms with van der Waals surface area (Å²) in [5.74, 6) is 2.23. The Morgan fingerprint density at radius 3 is 2.37 bits per heavy atom. The Hall–Kier alpha value is -2.29. The molecule has 0 saturated heterocycles. The summed E-state index contributed by atoms with van der Waals surface area (Å²) in [7, 11) is 0. The van der Waals surface area contributed by atoms with Crippen molar-refractivity contribution in [3.63, 3.8) is 0 Å². The fraction of sp³-hybridized carbons (Fsp3) is 0.188. The molecule has 2 aromatic rings. The molecule has 2 aromatic carbocycles. The van der Waals surface area contributed by atoms with E-state index in [0.717, 1.165) is 28.3 Å². The SMILES string of the molecule is CC(N)=Nc1cc(C)c(Oc2ccccc2)cc1C. The van der Waals surface area contributed by atoms with E-state index in [4.69, 9.17) is 10.5 Å². The zero-order valence-electron chi connectivity index (χ0n) is 11.5. The van der Waals surface area contributed by atoms with Gasteiger partial charge in [-0.2, -0.15) is 0 Å². The smallest absolute Gasteiger partial charge is 0.130 e. The van der Waals surface area contributed by atoms with Crippen LogP contribution >= 0.6 is 0 Å². The van der Waals surface area contributed by atoms with E-state index in [1.165, 1.54) is 0 Å². The van der Waals surface area contributed by atoms with Crippen LogP contribution in [0.4, 0.5) is 5.69 Å². The Morgan fingerprint density at radius 1 is 1.05 bits per heavy atom. The van der Waals surface area contributed by atoms with Crippen molar-refractivity contribution in [2.24, 2.45) is 10.7 Å². The number of para-hydroxylation sites is 1. The molecule has 0 unspecified atom stereocenters. The van der Waals surface area contributed by atoms with Gasteiger partial charge >= 0.3 is 0 Å². The van der Waals surface area contributed by atoms with Crippen LogP contribution in [-0.4, -0.2) is 5.84 Å². The predicted molar refractivity (Wildman–Crippen MR) is 79.4 cm³/mol. The minimum absolute atomic E-state index is 0.555. The van der Waals surface area contributed by atoms with Crippen molar-refractivity contribution in [3.8, 4) is 11.5 Å². The maximum Gasteiger partial charge on any atom is 0.130 e. The van der Waals surface area contributed by atoms with Crippen LogP contribution in [0.1, 0.15) is 18.1 Å². The summed E-state index contributed by atoms with van der Waals surface area (Å²) in [6.45, 7) is 5.78. The molecule has 2 rings (SSSR count). The molecule has 2 N–H and O–H groups in total. The van der Waals surface area contributed by atoms with Crippen molar-refractivity contribution >= 4 is 11.5 Å². The Morgan fingerprint density at radius 2 is 1.74 bits per heavy atom. The van der Waals surface area contributed by atoms with E-state index in [1.807, 2.05) is 56.3 Å². The second kappa shape index (κ2) is 5.57. The molecule has 3 heteroatoms. The third-order valence-electron chi connectivity index (χ3n) is 2.76. The van der Waals surface area contributed by atoms with Gasteiger partial charge in [0.15, 0.2) is 0 Å². The van der Waals surface area contributed by atoms with Gasteiger partial charge in [-0.25, -0.2) is 4.99 Å². The standard InChI is InChI=1S/C16H18N2O/c1-11-10-16(19-14-7-5-4-6-8-14)12(2)9-15(11)18-13(3)17/h4-10H,1-3H3,(H2,17,18). The topological polar surface area (TPSA) is 47.6 Å². The molecule has 0 radical (unpaired) electrons. The summed E-state index contributed by atoms with van der Waals surface area (Å²) in [6.07, 6.45) is 0. The molecule has 0 atom stereocenters. The third-order valence-corrected chi connectivity index (χ3v) is 2.76. The Balaban J connectivity index is 2.33. The van der Waals surface area contributed by atoms with Crippen molar-refractivity contribution in [3.05, 3.63) is 53.6 Å². The summed E-state index contributed by atoms with van der Waals surface area (Å²) in [6, 6.07) is 13.7. The molecule has 0 amide bonds. The molecule has 0 bridgehead atoms. The maximum absolute atomic E-state index is 5.87. The van der Waals surface area contributed by atoms with Gasteiger partial charge in [-0.3, -0.25) is 0 Å². The largest absolute Gasteiger partial charge is 0.457 e. The lowest BCUT2D eigenvalue weighted by Crippen LogP contribution is -2.04. The van der Waals surface area contributed by atoms with E-state index in [1.54, 1.807) is 6.92 Å². The highest BCUT2D eigenvalue weighted by atomic mass is 16.5. The van der Waals surface area contributed by atoms with Crippen molar-refractivity contribution in [1.82, 2.24) is 0 Å². The summed E-state index contributed by atoms with van der Waals surface area (Å²) in [5, 5.41) is 0. The summed E-state index contributed by atoms with van der Waals surface area (Å²) < 4.78 is 5.87. The van der Waals surface area contributed by atoms with Crippen LogP contribution in [0.15, 0.2) is 47.5 Å². The van der Waals surface area contributed by atoms with Crippen LogP contribution < -0.4 is 10.5 Å². The minimum atomic E-state index is 0.555. The van der Waals surface area contributed by atoms with Gasteiger partial charge in [0, 0.05) is 0 Å². The highest BCUT2D eigenvalue weighted by molar-refractivity contribution is 5.81. The minimum Gasteiger partial charge on any atom is -0.457 e. The molecule has 0 heterocycles. The number of nitrogens with two attached hydrogens (primary N) is 1. The average Bonchev–Trinajstić information content (AvgIpc) is 2.36. The lowest BCUT2D eigenvalue weighted by molar-refractivity contribution is 0.478. The molecular weight excluding hydrogens is 236 g/mol. The van der Waals surface area contributed by atoms with Gasteiger partial charge in [-0.1, -0.05) is 18.2 Å². The van der Waals surface area contributed by atoms with Crippen LogP contribution in [0, 0.1) is 13.8 Å². The quantitative estimate of drug-likeness (QED) is 0.662. The zero-order chi connectivity index (χ0) is 13.8. The number of hydrogen-bond acceptors (Lipinski definition) is 2. The fourth-order valence-electron chi connectivity index (χ4n) is 1.81. The van der Waals surface area contributed by atoms with E-state index in [9.17, 15) is 0 Å². The number of benzene rings is 2. The third kappa shape index (κ3) is 3.35. The van der Waals surface area contributed by atoms with Crippen molar-refractivity contribution in [2.45, 2.75) is 20.8 Å². The van der Waals surface area contributed by atoms with Gasteiger partial charge in [-0.05, 0) is 56.2 Å². The monoisotopic (exact) mass is 254 g/mol. The van der Waals surface area contributed by atoms with Crippen LogP contribution in [-0.2, 0) is 0 Å². The lowest BCUT2D eigenvalue weighted by atomic mass is 10.1. The molecular formula is C16H18N2O. The van der Waals surface area contributed by atoms with E-state index in [2.05, 4.69) is 4.99 Å². The first kappa shape index (κ1) is 13.1. The van der Waals surface area contributed by atoms with Crippen LogP contribution in [0.3, 0.4) is 0 Å². The Labute approximate surface area is 113 Å². The lowest BCUT2D eigenvalue weighted by Gasteiger charge is -2.11. The molecule has 3 nitrogen and oxygen atoms in total. The summed E-state index contributed by atoms with van der Waals surface area (Å²) >= 11 is 0. The molecule has 0 spiro atoms. The molecule has 0 saturated carbocycles. The maximum atomic E-state index is 5.87. The fourth-order valence-corrected chi connectivity index (χ4v) is 1.81. The van der Waals surface area contributed by atoms with E-state index < -0.39 is 0 Å². The predicted octanol–water partition coefficient (Wildman–Crippen LogP) is 4.10. The van der Waals surface area contributed by atoms with E-state index in [-0.39, 0.29) is 0 Å². The Kier molecular flexibility index (Phi) is 3.85. The second-order valence-corrected chi connectivity index (χ2v) is 4.57. The number of hydrogen-bond donors (Lipinski definition) is 1. The van der Waals surface area contributed by atoms with Crippen molar-refractivity contribution in [2.75, 3.05) is 0 Å². The van der Waals surface area contributed by atoms with Gasteiger partial charge in [-0.15, -0.1) is 0 Å². The Bertz CT molecular complexity index is 600. The number of ether oxygens (including phenoxy) is 1. The highest BCUT2D eigenvalue weighted by Gasteiger charge is 2.06. The number of aliphatic imine (C=N–C) groups is 1. The number of nitrogens with zero attached hydrogens (tertiary/aromatic N) is 1. The van der Waals surface area contributed by atoms with Crippen molar-refractivity contribution < 1.29 is 4.74 Å². The molecule has 98 valence electrons. The zero-order valence-corrected chi connectivity index (χ0v) is 11.5. The van der Waals surface area contributed by atoms with E-state index >= 15 is 0 Å². The van der Waals surface area contributed by atoms with E-state index in [0.29, 0.717) is 5.84 Å². The van der Waals surface area contributed by atoms with Crippen molar-refractivity contribution in [1.29, 1.82) is 0 Å². The van der Waals surface area contributed by atoms with Crippen LogP contribution in [0.5, 0.6) is 11.5 Å². The number of rotatable bonds is 3. The first-order valence-corrected chi connectivity index (χ1v) is 6.21. The molecule has 0 aliphatic rings. The normalized spacial score (nSPS) is 11.4. The molecule has 0 aliphatic carbocycles. The first-order chi connectivity index (χ1) is 9.06. The highest BCUT2D eigenvalue weighted by Crippen LogP contribution is 2.31. The molecule has 19 heavy (non-hydrogen) atoms. The average molecular weight is 254 g/mol. The van der Waals surface area contributed by atoms with Crippen LogP contribution in [0.25, 0.3) is 0 Å².